The van der Waals surface area contributed by atoms with Gasteiger partial charge in [-0.15, -0.1) is 0 Å². The Labute approximate surface area is 111 Å². The minimum atomic E-state index is -1.06. The Hall–Kier alpha value is -1.95. The van der Waals surface area contributed by atoms with Crippen molar-refractivity contribution >= 4 is 21.9 Å². The second-order valence-electron chi connectivity index (χ2n) is 3.66. The van der Waals surface area contributed by atoms with Gasteiger partial charge < -0.3 is 10.1 Å². The summed E-state index contributed by atoms with van der Waals surface area (Å²) >= 11 is 3.31. The van der Waals surface area contributed by atoms with Gasteiger partial charge in [0.05, 0.1) is 6.42 Å². The average Bonchev–Trinajstić information content (AvgIpc) is 2.32. The van der Waals surface area contributed by atoms with Crippen molar-refractivity contribution in [3.63, 3.8) is 0 Å². The molecule has 5 nitrogen and oxygen atoms in total. The lowest BCUT2D eigenvalue weighted by Crippen LogP contribution is -2.17. The van der Waals surface area contributed by atoms with E-state index in [9.17, 15) is 9.59 Å². The Morgan fingerprint density at radius 1 is 1.33 bits per heavy atom. The van der Waals surface area contributed by atoms with E-state index in [2.05, 4.69) is 25.9 Å². The van der Waals surface area contributed by atoms with E-state index in [4.69, 9.17) is 5.11 Å². The molecular formula is C12H9BrN2O3. The molecule has 0 amide bonds. The summed E-state index contributed by atoms with van der Waals surface area (Å²) in [6, 6.07) is 7.28. The van der Waals surface area contributed by atoms with Crippen LogP contribution < -0.4 is 5.56 Å². The molecule has 2 N–H and O–H groups in total. The molecule has 18 heavy (non-hydrogen) atoms. The smallest absolute Gasteiger partial charge is 0.308 e. The van der Waals surface area contributed by atoms with E-state index in [1.54, 1.807) is 12.1 Å². The number of H-pyrrole nitrogens is 1. The first-order valence-corrected chi connectivity index (χ1v) is 5.91. The van der Waals surface area contributed by atoms with E-state index < -0.39 is 11.5 Å². The van der Waals surface area contributed by atoms with Crippen LogP contribution in [-0.2, 0) is 11.2 Å². The molecule has 0 aliphatic carbocycles. The van der Waals surface area contributed by atoms with Crippen LogP contribution in [-0.4, -0.2) is 21.0 Å². The number of halogens is 1. The van der Waals surface area contributed by atoms with E-state index in [1.165, 1.54) is 6.20 Å². The van der Waals surface area contributed by atoms with Crippen molar-refractivity contribution in [2.24, 2.45) is 0 Å². The number of aromatic amines is 1. The van der Waals surface area contributed by atoms with Crippen molar-refractivity contribution in [2.75, 3.05) is 0 Å². The number of nitrogens with one attached hydrogen (secondary N) is 1. The molecule has 1 aromatic heterocycles. The molecule has 0 radical (unpaired) electrons. The number of nitrogens with zero attached hydrogens (tertiary/aromatic N) is 1. The number of hydrogen-bond donors (Lipinski definition) is 2. The minimum Gasteiger partial charge on any atom is -0.481 e. The Morgan fingerprint density at radius 2 is 2.00 bits per heavy atom. The van der Waals surface area contributed by atoms with Crippen LogP contribution in [0.5, 0.6) is 0 Å². The molecule has 0 spiro atoms. The molecule has 92 valence electrons. The molecule has 6 heteroatoms. The predicted molar refractivity (Wildman–Crippen MR) is 69.3 cm³/mol. The molecule has 1 aromatic carbocycles. The largest absolute Gasteiger partial charge is 0.481 e. The first kappa shape index (κ1) is 12.5. The van der Waals surface area contributed by atoms with Gasteiger partial charge in [-0.1, -0.05) is 28.1 Å². The monoisotopic (exact) mass is 308 g/mol. The molecule has 0 bridgehead atoms. The normalized spacial score (nSPS) is 10.3. The van der Waals surface area contributed by atoms with Crippen LogP contribution in [0.3, 0.4) is 0 Å². The first-order valence-electron chi connectivity index (χ1n) is 5.12. The maximum Gasteiger partial charge on any atom is 0.308 e. The van der Waals surface area contributed by atoms with Crippen LogP contribution >= 0.6 is 15.9 Å². The molecule has 0 aliphatic rings. The maximum atomic E-state index is 11.6. The van der Waals surface area contributed by atoms with Crippen molar-refractivity contribution in [1.82, 2.24) is 9.97 Å². The van der Waals surface area contributed by atoms with Gasteiger partial charge >= 0.3 is 5.97 Å². The van der Waals surface area contributed by atoms with Crippen molar-refractivity contribution < 1.29 is 9.90 Å². The van der Waals surface area contributed by atoms with E-state index in [-0.39, 0.29) is 12.0 Å². The highest BCUT2D eigenvalue weighted by atomic mass is 79.9. The minimum absolute atomic E-state index is 0.142. The lowest BCUT2D eigenvalue weighted by molar-refractivity contribution is -0.136. The highest BCUT2D eigenvalue weighted by Gasteiger charge is 2.08. The van der Waals surface area contributed by atoms with Crippen molar-refractivity contribution in [1.29, 1.82) is 0 Å². The van der Waals surface area contributed by atoms with Crippen molar-refractivity contribution in [2.45, 2.75) is 6.42 Å². The Kier molecular flexibility index (Phi) is 3.57. The standard InChI is InChI=1S/C12H9BrN2O3/c13-9-3-1-7(2-4-9)11-14-6-8(5-10(16)17)12(18)15-11/h1-4,6H,5H2,(H,16,17)(H,14,15,18). The Morgan fingerprint density at radius 3 is 2.56 bits per heavy atom. The number of benzene rings is 1. The van der Waals surface area contributed by atoms with Gasteiger partial charge in [0.2, 0.25) is 0 Å². The molecule has 0 aliphatic heterocycles. The third kappa shape index (κ3) is 2.84. The van der Waals surface area contributed by atoms with Crippen molar-refractivity contribution in [3.8, 4) is 11.4 Å². The summed E-state index contributed by atoms with van der Waals surface area (Å²) in [5.74, 6) is -0.639. The van der Waals surface area contributed by atoms with Gasteiger partial charge in [0.1, 0.15) is 5.82 Å². The zero-order valence-corrected chi connectivity index (χ0v) is 10.8. The first-order chi connectivity index (χ1) is 8.56. The summed E-state index contributed by atoms with van der Waals surface area (Å²) in [6.07, 6.45) is 0.966. The fraction of sp³-hybridized carbons (Fsp3) is 0.0833. The zero-order chi connectivity index (χ0) is 13.1. The number of carboxylic acid groups (broad SMARTS) is 1. The number of rotatable bonds is 3. The number of aliphatic carboxylic acids is 1. The highest BCUT2D eigenvalue weighted by molar-refractivity contribution is 9.10. The van der Waals surface area contributed by atoms with Crippen LogP contribution in [0, 0.1) is 0 Å². The molecule has 2 rings (SSSR count). The van der Waals surface area contributed by atoms with E-state index >= 15 is 0 Å². The molecule has 0 atom stereocenters. The summed E-state index contributed by atoms with van der Waals surface area (Å²) in [5, 5.41) is 8.62. The highest BCUT2D eigenvalue weighted by Crippen LogP contribution is 2.17. The zero-order valence-electron chi connectivity index (χ0n) is 9.18. The summed E-state index contributed by atoms with van der Waals surface area (Å²) in [4.78, 5) is 28.8. The van der Waals surface area contributed by atoms with Crippen LogP contribution in [0.15, 0.2) is 39.7 Å². The maximum absolute atomic E-state index is 11.6. The van der Waals surface area contributed by atoms with E-state index in [1.807, 2.05) is 12.1 Å². The fourth-order valence-corrected chi connectivity index (χ4v) is 1.73. The number of carbonyl (C=O) groups is 1. The Balaban J connectivity index is 2.37. The molecule has 0 saturated carbocycles. The molecule has 0 fully saturated rings. The summed E-state index contributed by atoms with van der Waals surface area (Å²) in [5.41, 5.74) is 0.478. The van der Waals surface area contributed by atoms with Crippen LogP contribution in [0.4, 0.5) is 0 Å². The average molecular weight is 309 g/mol. The van der Waals surface area contributed by atoms with Crippen molar-refractivity contribution in [3.05, 3.63) is 50.9 Å². The van der Waals surface area contributed by atoms with Gasteiger partial charge in [-0.2, -0.15) is 0 Å². The second-order valence-corrected chi connectivity index (χ2v) is 4.58. The van der Waals surface area contributed by atoms with Gasteiger partial charge in [0.25, 0.3) is 5.56 Å². The second kappa shape index (κ2) is 5.14. The summed E-state index contributed by atoms with van der Waals surface area (Å²) in [6.45, 7) is 0. The summed E-state index contributed by atoms with van der Waals surface area (Å²) < 4.78 is 0.927. The topological polar surface area (TPSA) is 83.0 Å². The molecule has 1 heterocycles. The predicted octanol–water partition coefficient (Wildman–Crippen LogP) is 1.83. The molecule has 0 unspecified atom stereocenters. The summed E-state index contributed by atoms with van der Waals surface area (Å²) in [7, 11) is 0. The van der Waals surface area contributed by atoms with Crippen LogP contribution in [0.1, 0.15) is 5.56 Å². The molecule has 2 aromatic rings. The quantitative estimate of drug-likeness (QED) is 0.906. The van der Waals surface area contributed by atoms with E-state index in [0.717, 1.165) is 10.0 Å². The third-order valence-electron chi connectivity index (χ3n) is 2.33. The molecular weight excluding hydrogens is 300 g/mol. The Bertz CT molecular complexity index is 635. The lowest BCUT2D eigenvalue weighted by atomic mass is 10.2. The lowest BCUT2D eigenvalue weighted by Gasteiger charge is -2.02. The SMILES string of the molecule is O=C(O)Cc1cnc(-c2ccc(Br)cc2)[nH]c1=O. The fourth-order valence-electron chi connectivity index (χ4n) is 1.46. The number of hydrogen-bond acceptors (Lipinski definition) is 3. The van der Waals surface area contributed by atoms with Gasteiger partial charge in [-0.25, -0.2) is 4.98 Å². The number of carboxylic acids is 1. The van der Waals surface area contributed by atoms with Gasteiger partial charge in [0, 0.05) is 21.8 Å². The molecule has 0 saturated heterocycles. The van der Waals surface area contributed by atoms with Gasteiger partial charge in [-0.05, 0) is 12.1 Å². The van der Waals surface area contributed by atoms with Crippen LogP contribution in [0.2, 0.25) is 0 Å². The third-order valence-corrected chi connectivity index (χ3v) is 2.86. The van der Waals surface area contributed by atoms with Crippen LogP contribution in [0.25, 0.3) is 11.4 Å². The van der Waals surface area contributed by atoms with Gasteiger partial charge in [-0.3, -0.25) is 9.59 Å². The number of aromatic nitrogens is 2. The van der Waals surface area contributed by atoms with Gasteiger partial charge in [0.15, 0.2) is 0 Å². The van der Waals surface area contributed by atoms with E-state index in [0.29, 0.717) is 5.82 Å².